The number of aliphatic carboxylic acids is 2. The number of carboxylic acid groups (broad SMARTS) is 2. The quantitative estimate of drug-likeness (QED) is 0.0445. The van der Waals surface area contributed by atoms with Gasteiger partial charge in [-0.3, -0.25) is 9.80 Å². The van der Waals surface area contributed by atoms with Crippen molar-refractivity contribution in [2.45, 2.75) is 593 Å². The number of rotatable bonds is 92. The van der Waals surface area contributed by atoms with Crippen LogP contribution < -0.4 is 10.2 Å². The van der Waals surface area contributed by atoms with E-state index in [0.29, 0.717) is 0 Å². The Morgan fingerprint density at radius 3 is 0.324 bits per heavy atom. The van der Waals surface area contributed by atoms with E-state index in [9.17, 15) is 19.8 Å². The molecule has 0 aliphatic heterocycles. The molecule has 0 aromatic rings. The molecule has 0 spiro atoms. The third-order valence-corrected chi connectivity index (χ3v) is 24.0. The number of hydrogen-bond acceptors (Lipinski definition) is 6. The van der Waals surface area contributed by atoms with Gasteiger partial charge in [-0.15, -0.1) is 0 Å². The van der Waals surface area contributed by atoms with Crippen molar-refractivity contribution in [1.29, 1.82) is 0 Å². The average molecular weight is 1510 g/mol. The largest absolute Gasteiger partial charge is 2.00 e. The van der Waals surface area contributed by atoms with E-state index in [0.717, 1.165) is 51.9 Å². The number of carbonyl (C=O) groups is 2. The van der Waals surface area contributed by atoms with Gasteiger partial charge >= 0.3 is 37.7 Å². The summed E-state index contributed by atoms with van der Waals surface area (Å²) in [5.74, 6) is -1.82. The third-order valence-electron chi connectivity index (χ3n) is 24.0. The zero-order valence-corrected chi connectivity index (χ0v) is 75.8. The number of unbranched alkanes of at least 4 members (excludes halogenated alkanes) is 80. The van der Waals surface area contributed by atoms with Crippen molar-refractivity contribution in [2.24, 2.45) is 0 Å². The summed E-state index contributed by atoms with van der Waals surface area (Å²) in [6.45, 7) is 16.5. The molecule has 0 radical (unpaired) electrons. The van der Waals surface area contributed by atoms with E-state index < -0.39 is 24.0 Å². The van der Waals surface area contributed by atoms with Crippen LogP contribution in [0.5, 0.6) is 0 Å². The SMILES string of the molecule is CCCCCCCCCCCCCCCCCCCCCCCN(CCCCCCCCCCCCCCCCCCCCCCC)C(C)C(=O)[O-].CCCCCCCCCCCCCCCCCCCCCCCN(CCCCCCCCCCCCCCCCCCCCCCC)C(C)C(=O)[O-].[Ca+2]. The maximum atomic E-state index is 11.6. The van der Waals surface area contributed by atoms with Gasteiger partial charge < -0.3 is 19.8 Å². The first-order valence-electron chi connectivity index (χ1n) is 49.2. The fraction of sp³-hybridized carbons (Fsp3) is 0.980. The van der Waals surface area contributed by atoms with Crippen LogP contribution in [0.15, 0.2) is 0 Å². The second-order valence-electron chi connectivity index (χ2n) is 34.3. The Bertz CT molecular complexity index is 1360. The van der Waals surface area contributed by atoms with Crippen LogP contribution >= 0.6 is 0 Å². The van der Waals surface area contributed by atoms with Crippen LogP contribution in [0, 0.1) is 0 Å². The number of hydrogen-bond donors (Lipinski definition) is 0. The first-order chi connectivity index (χ1) is 51.3. The molecular formula is C98H196CaN2O4. The number of carbonyl (C=O) groups excluding carboxylic acids is 2. The van der Waals surface area contributed by atoms with Crippen molar-refractivity contribution in [3.05, 3.63) is 0 Å². The molecule has 0 heterocycles. The van der Waals surface area contributed by atoms with Gasteiger partial charge in [0.05, 0.1) is 11.9 Å². The normalized spacial score (nSPS) is 12.2. The Morgan fingerprint density at radius 2 is 0.248 bits per heavy atom. The van der Waals surface area contributed by atoms with Crippen molar-refractivity contribution in [2.75, 3.05) is 26.2 Å². The van der Waals surface area contributed by atoms with E-state index in [1.54, 1.807) is 0 Å². The predicted octanol–water partition coefficient (Wildman–Crippen LogP) is 31.3. The van der Waals surface area contributed by atoms with Crippen LogP contribution in [0.25, 0.3) is 0 Å². The standard InChI is InChI=1S/2C49H99NO2.Ca/c2*1-4-6-8-10-12-14-16-18-20-22-24-26-28-30-32-34-36-38-40-42-44-46-50(48(3)49(51)52)47-45-43-41-39-37-35-33-31-29-27-25-23-21-19-17-15-13-11-9-7-5-2;/h2*48H,4-47H2,1-3H3,(H,51,52);/q;;+2/p-2. The third kappa shape index (κ3) is 92.9. The summed E-state index contributed by atoms with van der Waals surface area (Å²) in [6, 6.07) is -0.926. The molecule has 105 heavy (non-hydrogen) atoms. The van der Waals surface area contributed by atoms with Crippen molar-refractivity contribution in [1.82, 2.24) is 9.80 Å². The second-order valence-corrected chi connectivity index (χ2v) is 34.3. The Labute approximate surface area is 693 Å². The molecule has 0 aliphatic carbocycles. The molecule has 6 nitrogen and oxygen atoms in total. The van der Waals surface area contributed by atoms with Gasteiger partial charge in [-0.2, -0.15) is 0 Å². The van der Waals surface area contributed by atoms with Crippen molar-refractivity contribution in [3.63, 3.8) is 0 Å². The van der Waals surface area contributed by atoms with E-state index in [4.69, 9.17) is 0 Å². The molecule has 0 saturated carbocycles. The molecule has 0 bridgehead atoms. The minimum Gasteiger partial charge on any atom is -0.548 e. The molecule has 0 saturated heterocycles. The Hall–Kier alpha value is 0.120. The minimum absolute atomic E-state index is 0. The zero-order chi connectivity index (χ0) is 75.7. The Kier molecular flexibility index (Phi) is 102. The second kappa shape index (κ2) is 98.3. The molecular weight excluding hydrogens is 1310 g/mol. The first-order valence-corrected chi connectivity index (χ1v) is 49.2. The van der Waals surface area contributed by atoms with Gasteiger partial charge in [0.1, 0.15) is 0 Å². The fourth-order valence-electron chi connectivity index (χ4n) is 16.3. The van der Waals surface area contributed by atoms with Gasteiger partial charge in [-0.1, -0.05) is 541 Å². The van der Waals surface area contributed by atoms with Gasteiger partial charge in [-0.25, -0.2) is 0 Å². The van der Waals surface area contributed by atoms with Gasteiger partial charge in [-0.05, 0) is 65.7 Å². The van der Waals surface area contributed by atoms with Crippen LogP contribution in [0.2, 0.25) is 0 Å². The van der Waals surface area contributed by atoms with E-state index >= 15 is 0 Å². The van der Waals surface area contributed by atoms with Gasteiger partial charge in [0.15, 0.2) is 0 Å². The monoisotopic (exact) mass is 1510 g/mol. The summed E-state index contributed by atoms with van der Waals surface area (Å²) in [5.41, 5.74) is 0. The van der Waals surface area contributed by atoms with Gasteiger partial charge in [0.2, 0.25) is 0 Å². The van der Waals surface area contributed by atoms with Crippen molar-refractivity contribution < 1.29 is 19.8 Å². The molecule has 0 N–H and O–H groups in total. The number of nitrogens with zero attached hydrogens (tertiary/aromatic N) is 2. The van der Waals surface area contributed by atoms with E-state index in [2.05, 4.69) is 37.5 Å². The Morgan fingerprint density at radius 1 is 0.171 bits per heavy atom. The van der Waals surface area contributed by atoms with Crippen LogP contribution in [0.3, 0.4) is 0 Å². The maximum Gasteiger partial charge on any atom is 2.00 e. The maximum absolute atomic E-state index is 11.6. The number of carboxylic acids is 2. The molecule has 7 heteroatoms. The summed E-state index contributed by atoms with van der Waals surface area (Å²) < 4.78 is 0. The van der Waals surface area contributed by atoms with Gasteiger partial charge in [0, 0.05) is 12.1 Å². The summed E-state index contributed by atoms with van der Waals surface area (Å²) in [5, 5.41) is 23.2. The van der Waals surface area contributed by atoms with Crippen molar-refractivity contribution >= 4 is 49.7 Å². The van der Waals surface area contributed by atoms with Crippen LogP contribution in [-0.4, -0.2) is 97.7 Å². The summed E-state index contributed by atoms with van der Waals surface area (Å²) in [4.78, 5) is 27.6. The minimum atomic E-state index is -0.910. The molecule has 0 aromatic heterocycles. The molecule has 0 rings (SSSR count). The summed E-state index contributed by atoms with van der Waals surface area (Å²) >= 11 is 0. The molecule has 0 aliphatic rings. The van der Waals surface area contributed by atoms with Crippen LogP contribution in [0.4, 0.5) is 0 Å². The van der Waals surface area contributed by atoms with E-state index in [1.165, 1.54) is 514 Å². The van der Waals surface area contributed by atoms with Crippen molar-refractivity contribution in [3.8, 4) is 0 Å². The topological polar surface area (TPSA) is 86.7 Å². The molecule has 0 amide bonds. The van der Waals surface area contributed by atoms with E-state index in [1.807, 2.05) is 13.8 Å². The van der Waals surface area contributed by atoms with Crippen LogP contribution in [0.1, 0.15) is 581 Å². The van der Waals surface area contributed by atoms with E-state index in [-0.39, 0.29) is 37.7 Å². The smallest absolute Gasteiger partial charge is 0.548 e. The first kappa shape index (κ1) is 109. The summed E-state index contributed by atoms with van der Waals surface area (Å²) in [6.07, 6.45) is 117. The molecule has 0 fully saturated rings. The fourth-order valence-corrected chi connectivity index (χ4v) is 16.3. The Balaban J connectivity index is -0.00000196. The average Bonchev–Trinajstić information content (AvgIpc) is 0.958. The van der Waals surface area contributed by atoms with Crippen LogP contribution in [-0.2, 0) is 9.59 Å². The van der Waals surface area contributed by atoms with Gasteiger partial charge in [0.25, 0.3) is 0 Å². The summed E-state index contributed by atoms with van der Waals surface area (Å²) in [7, 11) is 0. The molecule has 2 atom stereocenters. The molecule has 2 unspecified atom stereocenters. The predicted molar refractivity (Wildman–Crippen MR) is 468 cm³/mol. The zero-order valence-electron chi connectivity index (χ0n) is 73.6. The molecule has 624 valence electrons. The molecule has 0 aromatic carbocycles.